The van der Waals surface area contributed by atoms with Crippen molar-refractivity contribution in [1.29, 1.82) is 0 Å². The van der Waals surface area contributed by atoms with Crippen molar-refractivity contribution in [3.05, 3.63) is 65.9 Å². The molecule has 6 heteroatoms. The second-order valence-corrected chi connectivity index (χ2v) is 7.56. The van der Waals surface area contributed by atoms with Gasteiger partial charge in [0, 0.05) is 42.3 Å². The van der Waals surface area contributed by atoms with E-state index in [1.54, 1.807) is 6.92 Å². The molecule has 0 saturated heterocycles. The molecule has 1 amide bonds. The Bertz CT molecular complexity index is 1010. The molecule has 1 aliphatic heterocycles. The van der Waals surface area contributed by atoms with Crippen LogP contribution in [0.3, 0.4) is 0 Å². The van der Waals surface area contributed by atoms with Crippen LogP contribution < -0.4 is 10.2 Å². The maximum atomic E-state index is 12.3. The molecule has 1 aromatic carbocycles. The normalized spacial score (nSPS) is 18.6. The van der Waals surface area contributed by atoms with E-state index in [2.05, 4.69) is 34.3 Å². The van der Waals surface area contributed by atoms with Crippen LogP contribution in [0.1, 0.15) is 43.1 Å². The van der Waals surface area contributed by atoms with Gasteiger partial charge in [-0.25, -0.2) is 9.97 Å². The number of rotatable bonds is 3. The first-order valence-electron chi connectivity index (χ1n) is 9.56. The first-order valence-corrected chi connectivity index (χ1v) is 9.56. The first kappa shape index (κ1) is 18.2. The van der Waals surface area contributed by atoms with Gasteiger partial charge in [0.15, 0.2) is 0 Å². The van der Waals surface area contributed by atoms with Crippen LogP contribution in [0.25, 0.3) is 5.69 Å². The van der Waals surface area contributed by atoms with Crippen molar-refractivity contribution in [2.24, 2.45) is 0 Å². The molecule has 0 spiro atoms. The molecular formula is C22H25N5O. The van der Waals surface area contributed by atoms with E-state index < -0.39 is 0 Å². The van der Waals surface area contributed by atoms with E-state index in [9.17, 15) is 4.79 Å². The summed E-state index contributed by atoms with van der Waals surface area (Å²) < 4.78 is 2.01. The monoisotopic (exact) mass is 375 g/mol. The van der Waals surface area contributed by atoms with Gasteiger partial charge >= 0.3 is 0 Å². The quantitative estimate of drug-likeness (QED) is 0.746. The maximum absolute atomic E-state index is 12.3. The number of aromatic nitrogens is 3. The van der Waals surface area contributed by atoms with Crippen LogP contribution in [0.5, 0.6) is 0 Å². The summed E-state index contributed by atoms with van der Waals surface area (Å²) in [5, 5.41) is 3.56. The Kier molecular flexibility index (Phi) is 4.63. The third kappa shape index (κ3) is 3.38. The molecule has 0 unspecified atom stereocenters. The summed E-state index contributed by atoms with van der Waals surface area (Å²) in [7, 11) is 0. The highest BCUT2D eigenvalue weighted by molar-refractivity contribution is 5.94. The second-order valence-electron chi connectivity index (χ2n) is 7.56. The minimum Gasteiger partial charge on any atom is -0.363 e. The zero-order valence-electron chi connectivity index (χ0n) is 16.7. The van der Waals surface area contributed by atoms with E-state index in [0.29, 0.717) is 0 Å². The van der Waals surface area contributed by atoms with Gasteiger partial charge in [0.2, 0.25) is 5.91 Å². The van der Waals surface area contributed by atoms with Crippen molar-refractivity contribution < 1.29 is 4.79 Å². The molecule has 2 atom stereocenters. The number of nitrogens with one attached hydrogen (secondary N) is 1. The lowest BCUT2D eigenvalue weighted by atomic mass is 9.91. The lowest BCUT2D eigenvalue weighted by Crippen LogP contribution is -2.43. The molecule has 1 aliphatic rings. The van der Waals surface area contributed by atoms with Gasteiger partial charge in [0.05, 0.1) is 18.1 Å². The van der Waals surface area contributed by atoms with Gasteiger partial charge < -0.3 is 14.8 Å². The van der Waals surface area contributed by atoms with Gasteiger partial charge in [-0.2, -0.15) is 0 Å². The zero-order chi connectivity index (χ0) is 19.8. The Morgan fingerprint density at radius 1 is 1.18 bits per heavy atom. The number of carbonyl (C=O) groups is 1. The predicted octanol–water partition coefficient (Wildman–Crippen LogP) is 4.18. The molecule has 3 heterocycles. The molecule has 2 aromatic heterocycles. The average Bonchev–Trinajstić information content (AvgIpc) is 3.09. The van der Waals surface area contributed by atoms with E-state index in [1.807, 2.05) is 60.2 Å². The number of anilines is 2. The van der Waals surface area contributed by atoms with Crippen LogP contribution in [0.4, 0.5) is 11.5 Å². The van der Waals surface area contributed by atoms with Crippen LogP contribution in [0.2, 0.25) is 0 Å². The molecule has 28 heavy (non-hydrogen) atoms. The van der Waals surface area contributed by atoms with Gasteiger partial charge in [-0.05, 0) is 57.0 Å². The zero-order valence-corrected chi connectivity index (χ0v) is 16.7. The summed E-state index contributed by atoms with van der Waals surface area (Å²) in [5.74, 6) is 0.904. The van der Waals surface area contributed by atoms with Crippen molar-refractivity contribution in [2.75, 3.05) is 10.2 Å². The Morgan fingerprint density at radius 3 is 2.64 bits per heavy atom. The van der Waals surface area contributed by atoms with E-state index in [-0.39, 0.29) is 18.0 Å². The van der Waals surface area contributed by atoms with Crippen LogP contribution in [0.15, 0.2) is 49.1 Å². The second kappa shape index (κ2) is 7.11. The Labute approximate surface area is 165 Å². The third-order valence-corrected chi connectivity index (χ3v) is 5.25. The number of imidazole rings is 1. The fourth-order valence-corrected chi connectivity index (χ4v) is 3.92. The SMILES string of the molecule is CC(=O)N1c2ccc(-n3cnc(C)c3)cc2[C@H](Nc2ccc(C)cn2)C[C@@H]1C. The van der Waals surface area contributed by atoms with E-state index in [4.69, 9.17) is 0 Å². The molecule has 0 saturated carbocycles. The maximum Gasteiger partial charge on any atom is 0.224 e. The summed E-state index contributed by atoms with van der Waals surface area (Å²) in [6, 6.07) is 10.4. The van der Waals surface area contributed by atoms with Crippen molar-refractivity contribution >= 4 is 17.4 Å². The van der Waals surface area contributed by atoms with Crippen molar-refractivity contribution in [1.82, 2.24) is 14.5 Å². The van der Waals surface area contributed by atoms with Crippen LogP contribution >= 0.6 is 0 Å². The Morgan fingerprint density at radius 2 is 2.00 bits per heavy atom. The van der Waals surface area contributed by atoms with E-state index in [0.717, 1.165) is 40.4 Å². The van der Waals surface area contributed by atoms with Gasteiger partial charge in [-0.3, -0.25) is 4.79 Å². The molecule has 0 aliphatic carbocycles. The van der Waals surface area contributed by atoms with Gasteiger partial charge in [-0.15, -0.1) is 0 Å². The highest BCUT2D eigenvalue weighted by Crippen LogP contribution is 2.40. The topological polar surface area (TPSA) is 63.1 Å². The predicted molar refractivity (Wildman–Crippen MR) is 111 cm³/mol. The van der Waals surface area contributed by atoms with Crippen molar-refractivity contribution in [2.45, 2.75) is 46.2 Å². The molecular weight excluding hydrogens is 350 g/mol. The number of benzene rings is 1. The average molecular weight is 375 g/mol. The number of pyridine rings is 1. The summed E-state index contributed by atoms with van der Waals surface area (Å²) in [4.78, 5) is 23.0. The number of fused-ring (bicyclic) bond motifs is 1. The van der Waals surface area contributed by atoms with E-state index >= 15 is 0 Å². The Hall–Kier alpha value is -3.15. The number of hydrogen-bond donors (Lipinski definition) is 1. The summed E-state index contributed by atoms with van der Waals surface area (Å²) in [5.41, 5.74) is 5.18. The van der Waals surface area contributed by atoms with Gasteiger partial charge in [-0.1, -0.05) is 6.07 Å². The summed E-state index contributed by atoms with van der Waals surface area (Å²) in [6.45, 7) is 7.72. The molecule has 0 radical (unpaired) electrons. The molecule has 144 valence electrons. The fourth-order valence-electron chi connectivity index (χ4n) is 3.92. The van der Waals surface area contributed by atoms with E-state index in [1.165, 1.54) is 0 Å². The molecule has 6 nitrogen and oxygen atoms in total. The summed E-state index contributed by atoms with van der Waals surface area (Å²) >= 11 is 0. The number of nitrogens with zero attached hydrogens (tertiary/aromatic N) is 4. The minimum absolute atomic E-state index is 0.0619. The van der Waals surface area contributed by atoms with Crippen molar-refractivity contribution in [3.63, 3.8) is 0 Å². The van der Waals surface area contributed by atoms with Gasteiger partial charge in [0.1, 0.15) is 5.82 Å². The highest BCUT2D eigenvalue weighted by atomic mass is 16.2. The van der Waals surface area contributed by atoms with Gasteiger partial charge in [0.25, 0.3) is 0 Å². The summed E-state index contributed by atoms with van der Waals surface area (Å²) in [6.07, 6.45) is 6.49. The molecule has 4 rings (SSSR count). The number of hydrogen-bond acceptors (Lipinski definition) is 4. The smallest absolute Gasteiger partial charge is 0.224 e. The fraction of sp³-hybridized carbons (Fsp3) is 0.318. The highest BCUT2D eigenvalue weighted by Gasteiger charge is 2.32. The Balaban J connectivity index is 1.77. The molecule has 1 N–H and O–H groups in total. The van der Waals surface area contributed by atoms with Crippen LogP contribution in [-0.2, 0) is 4.79 Å². The first-order chi connectivity index (χ1) is 13.4. The number of aryl methyl sites for hydroxylation is 2. The molecule has 0 bridgehead atoms. The number of carbonyl (C=O) groups excluding carboxylic acids is 1. The standard InChI is InChI=1S/C22H25N5O/c1-14-5-8-22(23-11-14)25-20-9-16(3)27(17(4)28)21-7-6-18(10-19(20)21)26-12-15(2)24-13-26/h5-8,10-13,16,20H,9H2,1-4H3,(H,23,25)/t16-,20+/m0/s1. The van der Waals surface area contributed by atoms with Crippen LogP contribution in [0, 0.1) is 13.8 Å². The lowest BCUT2D eigenvalue weighted by molar-refractivity contribution is -0.117. The minimum atomic E-state index is 0.0619. The number of amides is 1. The third-order valence-electron chi connectivity index (χ3n) is 5.25. The van der Waals surface area contributed by atoms with Crippen LogP contribution in [-0.4, -0.2) is 26.5 Å². The lowest BCUT2D eigenvalue weighted by Gasteiger charge is -2.39. The largest absolute Gasteiger partial charge is 0.363 e. The van der Waals surface area contributed by atoms with Crippen molar-refractivity contribution in [3.8, 4) is 5.69 Å². The molecule has 0 fully saturated rings. The molecule has 3 aromatic rings.